The largest absolute Gasteiger partial charge is 0.497 e. The first-order valence-corrected chi connectivity index (χ1v) is 8.98. The van der Waals surface area contributed by atoms with E-state index >= 15 is 0 Å². The van der Waals surface area contributed by atoms with E-state index < -0.39 is 15.9 Å². The van der Waals surface area contributed by atoms with Gasteiger partial charge in [-0.2, -0.15) is 0 Å². The Balaban J connectivity index is 2.12. The van der Waals surface area contributed by atoms with Gasteiger partial charge in [0.05, 0.1) is 18.6 Å². The topological polar surface area (TPSA) is 93.7 Å². The number of benzene rings is 2. The quantitative estimate of drug-likeness (QED) is 0.698. The van der Waals surface area contributed by atoms with Gasteiger partial charge in [-0.25, -0.2) is 13.1 Å². The second-order valence-electron chi connectivity index (χ2n) is 5.10. The predicted molar refractivity (Wildman–Crippen MR) is 94.5 cm³/mol. The number of anilines is 1. The molecule has 2 aromatic carbocycles. The van der Waals surface area contributed by atoms with Crippen LogP contribution in [0.15, 0.2) is 53.4 Å². The molecule has 2 N–H and O–H groups in total. The fourth-order valence-corrected chi connectivity index (χ4v) is 3.10. The molecular weight excluding hydrogens is 344 g/mol. The summed E-state index contributed by atoms with van der Waals surface area (Å²) in [7, 11) is -0.657. The van der Waals surface area contributed by atoms with Crippen LogP contribution >= 0.6 is 0 Å². The molecule has 0 saturated heterocycles. The molecule has 0 radical (unpaired) electrons. The summed E-state index contributed by atoms with van der Waals surface area (Å²) in [4.78, 5) is 12.3. The molecular formula is C17H20N2O5S. The predicted octanol–water partition coefficient (Wildman–Crippen LogP) is 1.87. The first-order chi connectivity index (χ1) is 12.0. The van der Waals surface area contributed by atoms with E-state index in [1.165, 1.54) is 25.3 Å². The van der Waals surface area contributed by atoms with E-state index in [2.05, 4.69) is 10.0 Å². The van der Waals surface area contributed by atoms with Crippen molar-refractivity contribution in [2.75, 3.05) is 32.7 Å². The molecule has 25 heavy (non-hydrogen) atoms. The van der Waals surface area contributed by atoms with E-state index in [9.17, 15) is 13.2 Å². The van der Waals surface area contributed by atoms with Crippen molar-refractivity contribution in [2.45, 2.75) is 4.90 Å². The number of rotatable bonds is 8. The third-order valence-electron chi connectivity index (χ3n) is 3.35. The van der Waals surface area contributed by atoms with Gasteiger partial charge in [0.25, 0.3) is 5.91 Å². The van der Waals surface area contributed by atoms with E-state index in [0.717, 1.165) is 0 Å². The lowest BCUT2D eigenvalue weighted by atomic mass is 10.2. The molecule has 0 aliphatic heterocycles. The van der Waals surface area contributed by atoms with Crippen LogP contribution < -0.4 is 14.8 Å². The van der Waals surface area contributed by atoms with E-state index in [1.54, 1.807) is 37.4 Å². The lowest BCUT2D eigenvalue weighted by Gasteiger charge is -2.09. The fourth-order valence-electron chi connectivity index (χ4n) is 2.04. The number of sulfonamides is 1. The summed E-state index contributed by atoms with van der Waals surface area (Å²) in [5.41, 5.74) is 0.822. The monoisotopic (exact) mass is 364 g/mol. The first-order valence-electron chi connectivity index (χ1n) is 7.50. The number of hydrogen-bond donors (Lipinski definition) is 2. The van der Waals surface area contributed by atoms with Crippen LogP contribution in [0.5, 0.6) is 5.75 Å². The Bertz CT molecular complexity index is 819. The van der Waals surface area contributed by atoms with E-state index in [0.29, 0.717) is 11.4 Å². The minimum atomic E-state index is -3.70. The first kappa shape index (κ1) is 18.9. The zero-order chi connectivity index (χ0) is 18.3. The average Bonchev–Trinajstić information content (AvgIpc) is 2.62. The maximum absolute atomic E-state index is 12.3. The molecule has 0 unspecified atom stereocenters. The van der Waals surface area contributed by atoms with E-state index in [1.807, 2.05) is 0 Å². The normalized spacial score (nSPS) is 11.1. The van der Waals surface area contributed by atoms with Crippen molar-refractivity contribution in [1.29, 1.82) is 0 Å². The number of hydrogen-bond acceptors (Lipinski definition) is 5. The van der Waals surface area contributed by atoms with E-state index in [-0.39, 0.29) is 23.6 Å². The molecule has 8 heteroatoms. The molecule has 0 atom stereocenters. The highest BCUT2D eigenvalue weighted by molar-refractivity contribution is 7.89. The fraction of sp³-hybridized carbons (Fsp3) is 0.235. The van der Waals surface area contributed by atoms with Crippen LogP contribution in [-0.4, -0.2) is 41.7 Å². The van der Waals surface area contributed by atoms with Gasteiger partial charge >= 0.3 is 0 Å². The summed E-state index contributed by atoms with van der Waals surface area (Å²) in [5, 5.41) is 2.71. The van der Waals surface area contributed by atoms with Crippen molar-refractivity contribution in [2.24, 2.45) is 0 Å². The van der Waals surface area contributed by atoms with Crippen LogP contribution in [-0.2, 0) is 14.8 Å². The molecule has 0 aromatic heterocycles. The molecule has 1 amide bonds. The van der Waals surface area contributed by atoms with Gasteiger partial charge in [-0.3, -0.25) is 4.79 Å². The molecule has 2 rings (SSSR count). The number of ether oxygens (including phenoxy) is 2. The molecule has 0 spiro atoms. The van der Waals surface area contributed by atoms with Gasteiger partial charge in [-0.15, -0.1) is 0 Å². The van der Waals surface area contributed by atoms with Crippen molar-refractivity contribution in [3.8, 4) is 5.75 Å². The van der Waals surface area contributed by atoms with Crippen molar-refractivity contribution >= 4 is 21.6 Å². The molecule has 134 valence electrons. The van der Waals surface area contributed by atoms with Gasteiger partial charge < -0.3 is 14.8 Å². The van der Waals surface area contributed by atoms with Crippen molar-refractivity contribution < 1.29 is 22.7 Å². The molecule has 0 aliphatic rings. The van der Waals surface area contributed by atoms with Gasteiger partial charge in [0, 0.05) is 24.9 Å². The smallest absolute Gasteiger partial charge is 0.255 e. The number of carbonyl (C=O) groups is 1. The lowest BCUT2D eigenvalue weighted by molar-refractivity contribution is 0.102. The molecule has 0 fully saturated rings. The second kappa shape index (κ2) is 8.61. The minimum absolute atomic E-state index is 0.0194. The zero-order valence-electron chi connectivity index (χ0n) is 14.0. The van der Waals surface area contributed by atoms with Gasteiger partial charge in [-0.1, -0.05) is 6.07 Å². The Morgan fingerprint density at radius 3 is 2.44 bits per heavy atom. The highest BCUT2D eigenvalue weighted by atomic mass is 32.2. The average molecular weight is 364 g/mol. The van der Waals surface area contributed by atoms with Gasteiger partial charge in [-0.05, 0) is 42.5 Å². The standard InChI is InChI=1S/C17H20N2O5S/c1-23-11-10-18-25(21,22)16-5-3-4-13(12-16)17(20)19-14-6-8-15(24-2)9-7-14/h3-9,12,18H,10-11H2,1-2H3,(H,19,20). The highest BCUT2D eigenvalue weighted by Crippen LogP contribution is 2.17. The van der Waals surface area contributed by atoms with Gasteiger partial charge in [0.15, 0.2) is 0 Å². The van der Waals surface area contributed by atoms with Crippen molar-refractivity contribution in [3.05, 3.63) is 54.1 Å². The van der Waals surface area contributed by atoms with Gasteiger partial charge in [0.2, 0.25) is 10.0 Å². The number of carbonyl (C=O) groups excluding carboxylic acids is 1. The van der Waals surface area contributed by atoms with Crippen molar-refractivity contribution in [1.82, 2.24) is 4.72 Å². The van der Waals surface area contributed by atoms with Crippen LogP contribution in [0.2, 0.25) is 0 Å². The Morgan fingerprint density at radius 1 is 1.08 bits per heavy atom. The molecule has 0 bridgehead atoms. The van der Waals surface area contributed by atoms with Crippen molar-refractivity contribution in [3.63, 3.8) is 0 Å². The van der Waals surface area contributed by atoms with Crippen LogP contribution in [0.4, 0.5) is 5.69 Å². The summed E-state index contributed by atoms with van der Waals surface area (Å²) in [6.07, 6.45) is 0. The third kappa shape index (κ3) is 5.28. The van der Waals surface area contributed by atoms with Crippen LogP contribution in [0.25, 0.3) is 0 Å². The minimum Gasteiger partial charge on any atom is -0.497 e. The third-order valence-corrected chi connectivity index (χ3v) is 4.81. The van der Waals surface area contributed by atoms with E-state index in [4.69, 9.17) is 9.47 Å². The summed E-state index contributed by atoms with van der Waals surface area (Å²) in [5.74, 6) is 0.271. The Hall–Kier alpha value is -2.42. The summed E-state index contributed by atoms with van der Waals surface area (Å²) < 4.78 is 36.7. The van der Waals surface area contributed by atoms with Crippen LogP contribution in [0, 0.1) is 0 Å². The maximum Gasteiger partial charge on any atom is 0.255 e. The summed E-state index contributed by atoms with van der Waals surface area (Å²) in [6.45, 7) is 0.415. The molecule has 0 heterocycles. The van der Waals surface area contributed by atoms with Crippen LogP contribution in [0.1, 0.15) is 10.4 Å². The van der Waals surface area contributed by atoms with Crippen LogP contribution in [0.3, 0.4) is 0 Å². The number of methoxy groups -OCH3 is 2. The molecule has 7 nitrogen and oxygen atoms in total. The maximum atomic E-state index is 12.3. The highest BCUT2D eigenvalue weighted by Gasteiger charge is 2.16. The lowest BCUT2D eigenvalue weighted by Crippen LogP contribution is -2.27. The molecule has 0 aliphatic carbocycles. The van der Waals surface area contributed by atoms with Gasteiger partial charge in [0.1, 0.15) is 5.75 Å². The Labute approximate surface area is 147 Å². The summed E-state index contributed by atoms with van der Waals surface area (Å²) in [6, 6.07) is 12.7. The Morgan fingerprint density at radius 2 is 1.80 bits per heavy atom. The second-order valence-corrected chi connectivity index (χ2v) is 6.87. The molecule has 2 aromatic rings. The Kier molecular flexibility index (Phi) is 6.51. The molecule has 0 saturated carbocycles. The summed E-state index contributed by atoms with van der Waals surface area (Å²) >= 11 is 0. The number of nitrogens with one attached hydrogen (secondary N) is 2. The SMILES string of the molecule is COCCNS(=O)(=O)c1cccc(C(=O)Nc2ccc(OC)cc2)c1. The zero-order valence-corrected chi connectivity index (χ0v) is 14.8. The number of amides is 1.